The van der Waals surface area contributed by atoms with Crippen molar-refractivity contribution in [3.8, 4) is 0 Å². The molecule has 66 valence electrons. The van der Waals surface area contributed by atoms with Crippen LogP contribution in [-0.2, 0) is 0 Å². The summed E-state index contributed by atoms with van der Waals surface area (Å²) < 4.78 is 0. The van der Waals surface area contributed by atoms with E-state index in [0.29, 0.717) is 0 Å². The van der Waals surface area contributed by atoms with Gasteiger partial charge in [0.25, 0.3) is 0 Å². The van der Waals surface area contributed by atoms with Crippen molar-refractivity contribution in [1.29, 1.82) is 0 Å². The van der Waals surface area contributed by atoms with E-state index in [2.05, 4.69) is 32.1 Å². The van der Waals surface area contributed by atoms with E-state index in [0.717, 1.165) is 17.8 Å². The minimum atomic E-state index is 0.922. The average molecular weight is 162 g/mol. The maximum Gasteiger partial charge on any atom is -0.0196 e. The number of allylic oxidation sites excluding steroid dienone is 4. The minimum absolute atomic E-state index is 0.922. The lowest BCUT2D eigenvalue weighted by Crippen LogP contribution is -2.05. The van der Waals surface area contributed by atoms with Crippen LogP contribution in [0, 0.1) is 17.8 Å². The molecule has 0 nitrogen and oxygen atoms in total. The fourth-order valence-electron chi connectivity index (χ4n) is 2.62. The van der Waals surface area contributed by atoms with E-state index in [-0.39, 0.29) is 0 Å². The van der Waals surface area contributed by atoms with E-state index in [1.165, 1.54) is 24.8 Å². The van der Waals surface area contributed by atoms with Gasteiger partial charge in [0.05, 0.1) is 0 Å². The zero-order valence-electron chi connectivity index (χ0n) is 8.09. The molecular formula is C12H18. The molecule has 2 bridgehead atoms. The van der Waals surface area contributed by atoms with Crippen molar-refractivity contribution in [3.05, 3.63) is 23.8 Å². The summed E-state index contributed by atoms with van der Waals surface area (Å²) in [6, 6.07) is 0. The Labute approximate surface area is 75.4 Å². The van der Waals surface area contributed by atoms with Gasteiger partial charge in [0.15, 0.2) is 0 Å². The van der Waals surface area contributed by atoms with Crippen molar-refractivity contribution >= 4 is 0 Å². The number of hydrogen-bond acceptors (Lipinski definition) is 0. The topological polar surface area (TPSA) is 0 Å². The van der Waals surface area contributed by atoms with Crippen molar-refractivity contribution in [2.24, 2.45) is 17.8 Å². The standard InChI is InChI=1S/C12H18/c1-9(2)3-8-12-10-4-5-11(12)7-6-10/h3-5,10-12H,6-8H2,1-2H3/t10-,11-/m0/s1. The third kappa shape index (κ3) is 1.35. The monoisotopic (exact) mass is 162 g/mol. The molecule has 1 saturated carbocycles. The molecule has 0 amide bonds. The molecule has 0 aromatic heterocycles. The van der Waals surface area contributed by atoms with E-state index in [4.69, 9.17) is 0 Å². The second-order valence-electron chi connectivity index (χ2n) is 4.47. The molecule has 2 rings (SSSR count). The van der Waals surface area contributed by atoms with Gasteiger partial charge in [-0.05, 0) is 50.9 Å². The molecule has 0 aromatic rings. The highest BCUT2D eigenvalue weighted by Gasteiger charge is 2.36. The summed E-state index contributed by atoms with van der Waals surface area (Å²) in [6.45, 7) is 4.40. The lowest BCUT2D eigenvalue weighted by atomic mass is 9.92. The highest BCUT2D eigenvalue weighted by Crippen LogP contribution is 2.46. The van der Waals surface area contributed by atoms with Crippen LogP contribution < -0.4 is 0 Å². The largest absolute Gasteiger partial charge is 0.0856 e. The molecule has 0 heteroatoms. The number of hydrogen-bond donors (Lipinski definition) is 0. The molecule has 0 N–H and O–H groups in total. The first-order chi connectivity index (χ1) is 5.77. The Bertz CT molecular complexity index is 204. The molecule has 0 radical (unpaired) electrons. The smallest absolute Gasteiger partial charge is 0.0196 e. The fourth-order valence-corrected chi connectivity index (χ4v) is 2.62. The van der Waals surface area contributed by atoms with E-state index < -0.39 is 0 Å². The van der Waals surface area contributed by atoms with Crippen molar-refractivity contribution in [2.45, 2.75) is 33.1 Å². The Morgan fingerprint density at radius 1 is 1.25 bits per heavy atom. The van der Waals surface area contributed by atoms with Crippen molar-refractivity contribution in [1.82, 2.24) is 0 Å². The van der Waals surface area contributed by atoms with Crippen LogP contribution in [0.15, 0.2) is 23.8 Å². The predicted molar refractivity (Wildman–Crippen MR) is 52.9 cm³/mol. The average Bonchev–Trinajstić information content (AvgIpc) is 2.59. The van der Waals surface area contributed by atoms with Crippen LogP contribution in [0.4, 0.5) is 0 Å². The molecule has 0 spiro atoms. The first-order valence-electron chi connectivity index (χ1n) is 5.09. The van der Waals surface area contributed by atoms with Gasteiger partial charge in [0, 0.05) is 0 Å². The summed E-state index contributed by atoms with van der Waals surface area (Å²) in [6.07, 6.45) is 11.5. The van der Waals surface area contributed by atoms with Gasteiger partial charge in [0.1, 0.15) is 0 Å². The van der Waals surface area contributed by atoms with Gasteiger partial charge in [0.2, 0.25) is 0 Å². The van der Waals surface area contributed by atoms with Crippen molar-refractivity contribution in [2.75, 3.05) is 0 Å². The fraction of sp³-hybridized carbons (Fsp3) is 0.667. The van der Waals surface area contributed by atoms with Crippen LogP contribution in [0.5, 0.6) is 0 Å². The van der Waals surface area contributed by atoms with Crippen LogP contribution in [0.2, 0.25) is 0 Å². The number of rotatable bonds is 2. The zero-order valence-corrected chi connectivity index (χ0v) is 8.09. The second kappa shape index (κ2) is 3.08. The Morgan fingerprint density at radius 2 is 1.83 bits per heavy atom. The van der Waals surface area contributed by atoms with Gasteiger partial charge in [-0.3, -0.25) is 0 Å². The van der Waals surface area contributed by atoms with Crippen LogP contribution in [0.25, 0.3) is 0 Å². The van der Waals surface area contributed by atoms with Crippen LogP contribution in [0.3, 0.4) is 0 Å². The molecule has 0 unspecified atom stereocenters. The van der Waals surface area contributed by atoms with Gasteiger partial charge in [-0.2, -0.15) is 0 Å². The summed E-state index contributed by atoms with van der Waals surface area (Å²) in [5, 5.41) is 0. The summed E-state index contributed by atoms with van der Waals surface area (Å²) in [5.74, 6) is 2.80. The van der Waals surface area contributed by atoms with Gasteiger partial charge in [-0.25, -0.2) is 0 Å². The molecule has 2 aliphatic carbocycles. The first kappa shape index (κ1) is 8.10. The molecule has 12 heavy (non-hydrogen) atoms. The zero-order chi connectivity index (χ0) is 8.55. The molecule has 0 aliphatic heterocycles. The lowest BCUT2D eigenvalue weighted by molar-refractivity contribution is 0.434. The maximum absolute atomic E-state index is 2.44. The van der Waals surface area contributed by atoms with E-state index in [9.17, 15) is 0 Å². The van der Waals surface area contributed by atoms with Crippen LogP contribution in [-0.4, -0.2) is 0 Å². The number of fused-ring (bicyclic) bond motifs is 2. The van der Waals surface area contributed by atoms with Gasteiger partial charge in [-0.15, -0.1) is 0 Å². The quantitative estimate of drug-likeness (QED) is 0.545. The maximum atomic E-state index is 2.44. The predicted octanol–water partition coefficient (Wildman–Crippen LogP) is 3.55. The minimum Gasteiger partial charge on any atom is -0.0856 e. The van der Waals surface area contributed by atoms with Gasteiger partial charge < -0.3 is 0 Å². The lowest BCUT2D eigenvalue weighted by Gasteiger charge is -2.12. The molecule has 0 aromatic carbocycles. The molecule has 0 heterocycles. The third-order valence-corrected chi connectivity index (χ3v) is 3.34. The normalized spacial score (nSPS) is 37.3. The second-order valence-corrected chi connectivity index (χ2v) is 4.47. The molecule has 2 atom stereocenters. The third-order valence-electron chi connectivity index (χ3n) is 3.34. The van der Waals surface area contributed by atoms with E-state index >= 15 is 0 Å². The molecule has 0 saturated heterocycles. The van der Waals surface area contributed by atoms with Gasteiger partial charge in [-0.1, -0.05) is 23.8 Å². The highest BCUT2D eigenvalue weighted by atomic mass is 14.4. The Balaban J connectivity index is 1.95. The van der Waals surface area contributed by atoms with E-state index in [1.54, 1.807) is 0 Å². The summed E-state index contributed by atoms with van der Waals surface area (Å²) in [5.41, 5.74) is 1.47. The van der Waals surface area contributed by atoms with E-state index in [1.807, 2.05) is 0 Å². The van der Waals surface area contributed by atoms with Crippen molar-refractivity contribution < 1.29 is 0 Å². The Kier molecular flexibility index (Phi) is 2.08. The molecular weight excluding hydrogens is 144 g/mol. The van der Waals surface area contributed by atoms with Crippen LogP contribution >= 0.6 is 0 Å². The van der Waals surface area contributed by atoms with Gasteiger partial charge >= 0.3 is 0 Å². The van der Waals surface area contributed by atoms with Crippen LogP contribution in [0.1, 0.15) is 33.1 Å². The SMILES string of the molecule is CC(C)=CCC1[C@H]2C=C[C@H]1CC2. The van der Waals surface area contributed by atoms with Crippen molar-refractivity contribution in [3.63, 3.8) is 0 Å². The highest BCUT2D eigenvalue weighted by molar-refractivity contribution is 5.13. The Morgan fingerprint density at radius 3 is 2.25 bits per heavy atom. The first-order valence-corrected chi connectivity index (χ1v) is 5.09. The Hall–Kier alpha value is -0.520. The summed E-state index contributed by atoms with van der Waals surface area (Å²) in [4.78, 5) is 0. The summed E-state index contributed by atoms with van der Waals surface area (Å²) in [7, 11) is 0. The summed E-state index contributed by atoms with van der Waals surface area (Å²) >= 11 is 0. The molecule has 1 fully saturated rings. The molecule has 2 aliphatic rings.